The Morgan fingerprint density at radius 1 is 0.129 bits per heavy atom. The molecule has 12 aromatic heterocycles. The van der Waals surface area contributed by atoms with Gasteiger partial charge in [-0.25, -0.2) is 0 Å². The van der Waals surface area contributed by atoms with Crippen LogP contribution < -0.4 is 0 Å². The lowest BCUT2D eigenvalue weighted by molar-refractivity contribution is 0.498. The standard InChI is InChI=1S/C46H28N2O2.C40H24N2O2.C34H20N2O2/c1-4-16-41-35(13-1)36-14-2-5-17-42(36)48(41)34-20-21-44-39(28-34)37-15-3-6-18-43(37)47(44)33-12-8-11-31(26-33)29-9-7-10-30(25-29)32-19-22-45-40(27-32)38-23-24-49-46(38)50-45;1-4-13-35-29(10-1)30-11-2-5-14-36(30)42(35)28-17-19-38-34(24-28)31-12-3-6-15-37(31)41(38)27-9-7-8-25(22-27)26-16-18-32-33-20-21-43-40(33)44-39(32)23-26;1-4-10-29-23(7-1)24-8-2-5-11-30(24)35(29)21-13-15-32-27(19-21)25-9-3-6-12-31(25)36(32)22-14-16-33-28(20-22)26-17-18-37-34(26)38-33/h1-28H;1-24H;1-20H. The van der Waals surface area contributed by atoms with Gasteiger partial charge in [0.1, 0.15) is 16.7 Å². The molecule has 0 aliphatic rings. The molecule has 0 fully saturated rings. The third-order valence-electron chi connectivity index (χ3n) is 27.1. The maximum absolute atomic E-state index is 5.99. The molecule has 18 aromatic carbocycles. The van der Waals surface area contributed by atoms with Gasteiger partial charge in [0.2, 0.25) is 0 Å². The maximum atomic E-state index is 5.99. The molecular formula is C120H72N6O6. The number of benzene rings is 18. The Bertz CT molecular complexity index is 9840. The smallest absolute Gasteiger partial charge is 0.298 e. The highest BCUT2D eigenvalue weighted by atomic mass is 16.5. The first kappa shape index (κ1) is 73.2. The third-order valence-corrected chi connectivity index (χ3v) is 27.1. The lowest BCUT2D eigenvalue weighted by Gasteiger charge is -2.12. The van der Waals surface area contributed by atoms with E-state index in [0.717, 1.165) is 105 Å². The van der Waals surface area contributed by atoms with Crippen molar-refractivity contribution >= 4 is 197 Å². The van der Waals surface area contributed by atoms with Crippen molar-refractivity contribution in [2.24, 2.45) is 0 Å². The molecule has 0 N–H and O–H groups in total. The molecule has 0 saturated heterocycles. The molecule has 12 heterocycles. The molecule has 12 nitrogen and oxygen atoms in total. The van der Waals surface area contributed by atoms with Crippen LogP contribution in [-0.4, -0.2) is 27.4 Å². The van der Waals surface area contributed by atoms with E-state index in [-0.39, 0.29) is 0 Å². The number of aromatic nitrogens is 6. The van der Waals surface area contributed by atoms with Crippen molar-refractivity contribution in [1.82, 2.24) is 27.4 Å². The van der Waals surface area contributed by atoms with E-state index < -0.39 is 0 Å². The summed E-state index contributed by atoms with van der Waals surface area (Å²) < 4.78 is 48.6. The Morgan fingerprint density at radius 3 is 0.727 bits per heavy atom. The predicted molar refractivity (Wildman–Crippen MR) is 540 cm³/mol. The molecule has 0 aliphatic heterocycles. The minimum absolute atomic E-state index is 0.565. The number of fused-ring (bicyclic) bond motifs is 27. The summed E-state index contributed by atoms with van der Waals surface area (Å²) in [6.45, 7) is 0. The van der Waals surface area contributed by atoms with Crippen LogP contribution in [0.4, 0.5) is 0 Å². The quantitative estimate of drug-likeness (QED) is 0.142. The van der Waals surface area contributed by atoms with E-state index in [1.807, 2.05) is 30.3 Å². The number of rotatable bonds is 9. The summed E-state index contributed by atoms with van der Waals surface area (Å²) >= 11 is 0. The van der Waals surface area contributed by atoms with Crippen LogP contribution in [0.25, 0.3) is 265 Å². The van der Waals surface area contributed by atoms with Crippen LogP contribution in [0.1, 0.15) is 0 Å². The van der Waals surface area contributed by atoms with Crippen LogP contribution in [0, 0.1) is 0 Å². The minimum atomic E-state index is 0.565. The monoisotopic (exact) mass is 1690 g/mol. The molecule has 0 unspecified atom stereocenters. The van der Waals surface area contributed by atoms with Crippen LogP contribution >= 0.6 is 0 Å². The summed E-state index contributed by atoms with van der Waals surface area (Å²) in [4.78, 5) is 0. The number of nitrogens with zero attached hydrogens (tertiary/aromatic N) is 6. The lowest BCUT2D eigenvalue weighted by Crippen LogP contribution is -1.96. The van der Waals surface area contributed by atoms with Gasteiger partial charge in [-0.15, -0.1) is 0 Å². The van der Waals surface area contributed by atoms with Gasteiger partial charge in [0.15, 0.2) is 0 Å². The zero-order chi connectivity index (χ0) is 86.3. The molecule has 132 heavy (non-hydrogen) atoms. The number of furan rings is 6. The third kappa shape index (κ3) is 11.2. The van der Waals surface area contributed by atoms with E-state index in [4.69, 9.17) is 26.5 Å². The zero-order valence-corrected chi connectivity index (χ0v) is 70.7. The fourth-order valence-electron chi connectivity index (χ4n) is 21.3. The fraction of sp³-hybridized carbons (Fsp3) is 0. The van der Waals surface area contributed by atoms with Gasteiger partial charge in [0, 0.05) is 115 Å². The predicted octanol–water partition coefficient (Wildman–Crippen LogP) is 33.1. The first-order valence-electron chi connectivity index (χ1n) is 44.5. The van der Waals surface area contributed by atoms with Crippen molar-refractivity contribution in [3.8, 4) is 67.5 Å². The summed E-state index contributed by atoms with van der Waals surface area (Å²) in [7, 11) is 0. The Morgan fingerprint density at radius 2 is 0.371 bits per heavy atom. The van der Waals surface area contributed by atoms with Crippen molar-refractivity contribution in [2.75, 3.05) is 0 Å². The first-order valence-corrected chi connectivity index (χ1v) is 44.5. The number of hydrogen-bond donors (Lipinski definition) is 0. The van der Waals surface area contributed by atoms with Gasteiger partial charge in [-0.2, -0.15) is 0 Å². The molecule has 0 aliphatic carbocycles. The highest BCUT2D eigenvalue weighted by Crippen LogP contribution is 2.46. The molecule has 12 heteroatoms. The Balaban J connectivity index is 0.0000001000. The fourth-order valence-corrected chi connectivity index (χ4v) is 21.3. The van der Waals surface area contributed by atoms with E-state index >= 15 is 0 Å². The van der Waals surface area contributed by atoms with Crippen LogP contribution in [0.2, 0.25) is 0 Å². The molecule has 0 amide bonds. The van der Waals surface area contributed by atoms with Crippen molar-refractivity contribution in [1.29, 1.82) is 0 Å². The number of hydrogen-bond acceptors (Lipinski definition) is 6. The van der Waals surface area contributed by atoms with Crippen molar-refractivity contribution < 1.29 is 26.5 Å². The Kier molecular flexibility index (Phi) is 16.0. The van der Waals surface area contributed by atoms with Gasteiger partial charge < -0.3 is 53.9 Å². The molecule has 0 radical (unpaired) electrons. The Labute approximate surface area is 751 Å². The van der Waals surface area contributed by atoms with Gasteiger partial charge >= 0.3 is 0 Å². The summed E-state index contributed by atoms with van der Waals surface area (Å²) in [5, 5.41) is 21.2. The largest absolute Gasteiger partial charge is 0.433 e. The normalized spacial score (nSPS) is 12.1. The van der Waals surface area contributed by atoms with Crippen molar-refractivity contribution in [3.63, 3.8) is 0 Å². The van der Waals surface area contributed by atoms with Gasteiger partial charge in [0.05, 0.1) is 101 Å². The van der Waals surface area contributed by atoms with E-state index in [9.17, 15) is 0 Å². The second kappa shape index (κ2) is 28.8. The summed E-state index contributed by atoms with van der Waals surface area (Å²) in [5.41, 5.74) is 30.5. The lowest BCUT2D eigenvalue weighted by atomic mass is 9.98. The molecule has 0 saturated carbocycles. The SMILES string of the molecule is c1cc(-c2ccc3c(c2)oc2occc23)cc(-n2c3ccccc3c3cc(-n4c5ccccc5c5ccccc54)ccc32)c1.c1cc(-c2cccc(-n3c4ccccc4c4cc(-n5c6ccccc6c6ccccc65)ccc43)c2)cc(-c2ccc3oc4occc4c3c2)c1.c1ccc2c(c1)c1ccccc1n2-c1ccc2c(c1)c1ccccc1n2-c1ccc2oc3occc3c2c1. The molecule has 30 aromatic rings. The molecule has 30 rings (SSSR count). The maximum Gasteiger partial charge on any atom is 0.298 e. The summed E-state index contributed by atoms with van der Waals surface area (Å²) in [6, 6.07) is 150. The molecular weight excluding hydrogens is 1620 g/mol. The molecule has 0 bridgehead atoms. The van der Waals surface area contributed by atoms with Crippen molar-refractivity contribution in [3.05, 3.63) is 437 Å². The van der Waals surface area contributed by atoms with Crippen LogP contribution in [0.3, 0.4) is 0 Å². The Hall–Kier alpha value is -18.0. The second-order valence-corrected chi connectivity index (χ2v) is 34.2. The summed E-state index contributed by atoms with van der Waals surface area (Å²) in [6.07, 6.45) is 5.02. The van der Waals surface area contributed by atoms with Gasteiger partial charge in [-0.05, 0) is 234 Å². The molecule has 618 valence electrons. The van der Waals surface area contributed by atoms with Crippen LogP contribution in [-0.2, 0) is 0 Å². The average Bonchev–Trinajstić information content (AvgIpc) is 1.57. The van der Waals surface area contributed by atoms with E-state index in [2.05, 4.69) is 416 Å². The van der Waals surface area contributed by atoms with E-state index in [0.29, 0.717) is 17.3 Å². The average molecular weight is 1690 g/mol. The van der Waals surface area contributed by atoms with Crippen molar-refractivity contribution in [2.45, 2.75) is 0 Å². The highest BCUT2D eigenvalue weighted by Gasteiger charge is 2.24. The van der Waals surface area contributed by atoms with Gasteiger partial charge in [0.25, 0.3) is 17.3 Å². The zero-order valence-electron chi connectivity index (χ0n) is 70.7. The van der Waals surface area contributed by atoms with Gasteiger partial charge in [-0.1, -0.05) is 218 Å². The highest BCUT2D eigenvalue weighted by molar-refractivity contribution is 6.18. The van der Waals surface area contributed by atoms with E-state index in [1.165, 1.54) is 142 Å². The first-order chi connectivity index (χ1) is 65.4. The van der Waals surface area contributed by atoms with E-state index in [1.54, 1.807) is 18.8 Å². The topological polar surface area (TPSA) is 108 Å². The second-order valence-electron chi connectivity index (χ2n) is 34.2. The van der Waals surface area contributed by atoms with Crippen LogP contribution in [0.15, 0.2) is 464 Å². The van der Waals surface area contributed by atoms with Crippen LogP contribution in [0.5, 0.6) is 0 Å². The molecule has 0 atom stereocenters. The minimum Gasteiger partial charge on any atom is -0.433 e. The van der Waals surface area contributed by atoms with Gasteiger partial charge in [-0.3, -0.25) is 0 Å². The molecule has 0 spiro atoms. The summed E-state index contributed by atoms with van der Waals surface area (Å²) in [5.74, 6) is 1.70. The number of para-hydroxylation sites is 9.